The van der Waals surface area contributed by atoms with E-state index in [1.54, 1.807) is 13.8 Å². The van der Waals surface area contributed by atoms with Gasteiger partial charge in [-0.25, -0.2) is 9.59 Å². The molecule has 0 bridgehead atoms. The van der Waals surface area contributed by atoms with Crippen LogP contribution in [0.4, 0.5) is 4.79 Å². The van der Waals surface area contributed by atoms with Gasteiger partial charge in [0.05, 0.1) is 12.5 Å². The maximum absolute atomic E-state index is 12.7. The molecule has 1 aliphatic heterocycles. The molecule has 1 aliphatic rings. The Bertz CT molecular complexity index is 753. The highest BCUT2D eigenvalue weighted by Gasteiger charge is 2.37. The number of ether oxygens (including phenoxy) is 2. The summed E-state index contributed by atoms with van der Waals surface area (Å²) in [4.78, 5) is 49.8. The van der Waals surface area contributed by atoms with Gasteiger partial charge in [0, 0.05) is 6.54 Å². The number of nitrogens with one attached hydrogen (secondary N) is 1. The number of rotatable bonds is 9. The standard InChI is InChI=1S/C21H28N2O7/c1-3-29-20(27)14(2)12-16(19(25)26)22-18(24)17-10-7-11-23(17)21(28)30-13-15-8-5-4-6-9-15/h4-6,8-9,14,16-17H,3,7,10-13H2,1-2H3,(H,22,24)(H,25,26)/t14-,16-,17+/m0/s1. The second kappa shape index (κ2) is 11.2. The van der Waals surface area contributed by atoms with E-state index in [9.17, 15) is 24.3 Å². The van der Waals surface area contributed by atoms with Crippen LogP contribution in [-0.4, -0.2) is 59.2 Å². The molecule has 1 fully saturated rings. The van der Waals surface area contributed by atoms with Crippen LogP contribution >= 0.6 is 0 Å². The molecule has 2 rings (SSSR count). The number of nitrogens with zero attached hydrogens (tertiary/aromatic N) is 1. The first-order valence-corrected chi connectivity index (χ1v) is 10.0. The van der Waals surface area contributed by atoms with Crippen molar-refractivity contribution in [2.75, 3.05) is 13.2 Å². The minimum Gasteiger partial charge on any atom is -0.480 e. The van der Waals surface area contributed by atoms with Crippen LogP contribution < -0.4 is 5.32 Å². The van der Waals surface area contributed by atoms with Gasteiger partial charge in [-0.2, -0.15) is 0 Å². The van der Waals surface area contributed by atoms with Gasteiger partial charge in [-0.15, -0.1) is 0 Å². The molecule has 164 valence electrons. The quantitative estimate of drug-likeness (QED) is 0.586. The van der Waals surface area contributed by atoms with Crippen LogP contribution in [0.2, 0.25) is 0 Å². The first-order valence-electron chi connectivity index (χ1n) is 10.0. The van der Waals surface area contributed by atoms with Crippen LogP contribution in [0.3, 0.4) is 0 Å². The van der Waals surface area contributed by atoms with Crippen LogP contribution in [0.1, 0.15) is 38.7 Å². The first-order chi connectivity index (χ1) is 14.3. The van der Waals surface area contributed by atoms with Crippen LogP contribution in [0.15, 0.2) is 30.3 Å². The number of benzene rings is 1. The second-order valence-corrected chi connectivity index (χ2v) is 7.18. The number of esters is 1. The average Bonchev–Trinajstić information content (AvgIpc) is 3.22. The van der Waals surface area contributed by atoms with E-state index in [1.807, 2.05) is 30.3 Å². The molecule has 0 aromatic heterocycles. The average molecular weight is 420 g/mol. The topological polar surface area (TPSA) is 122 Å². The lowest BCUT2D eigenvalue weighted by Gasteiger charge is -2.25. The molecular formula is C21H28N2O7. The lowest BCUT2D eigenvalue weighted by molar-refractivity contribution is -0.149. The Morgan fingerprint density at radius 1 is 1.20 bits per heavy atom. The molecule has 9 heteroatoms. The molecule has 2 amide bonds. The third-order valence-corrected chi connectivity index (χ3v) is 4.89. The summed E-state index contributed by atoms with van der Waals surface area (Å²) in [5, 5.41) is 11.9. The maximum Gasteiger partial charge on any atom is 0.410 e. The number of carbonyl (C=O) groups excluding carboxylic acids is 3. The Morgan fingerprint density at radius 2 is 1.90 bits per heavy atom. The van der Waals surface area contributed by atoms with E-state index in [-0.39, 0.29) is 19.6 Å². The van der Waals surface area contributed by atoms with E-state index in [2.05, 4.69) is 5.32 Å². The molecule has 3 atom stereocenters. The van der Waals surface area contributed by atoms with Gasteiger partial charge in [-0.1, -0.05) is 37.3 Å². The number of likely N-dealkylation sites (tertiary alicyclic amines) is 1. The summed E-state index contributed by atoms with van der Waals surface area (Å²) in [5.41, 5.74) is 0.824. The number of aliphatic carboxylic acids is 1. The molecule has 0 radical (unpaired) electrons. The van der Waals surface area contributed by atoms with Crippen molar-refractivity contribution >= 4 is 23.9 Å². The number of amides is 2. The largest absolute Gasteiger partial charge is 0.480 e. The smallest absolute Gasteiger partial charge is 0.410 e. The van der Waals surface area contributed by atoms with Crippen LogP contribution in [0.5, 0.6) is 0 Å². The normalized spacial score (nSPS) is 17.7. The first kappa shape index (κ1) is 23.2. The fourth-order valence-electron chi connectivity index (χ4n) is 3.28. The van der Waals surface area contributed by atoms with E-state index in [4.69, 9.17) is 9.47 Å². The highest BCUT2D eigenvalue weighted by Crippen LogP contribution is 2.20. The Hall–Kier alpha value is -3.10. The van der Waals surface area contributed by atoms with Crippen molar-refractivity contribution in [3.8, 4) is 0 Å². The zero-order valence-corrected chi connectivity index (χ0v) is 17.2. The molecule has 0 aliphatic carbocycles. The van der Waals surface area contributed by atoms with Crippen LogP contribution in [0, 0.1) is 5.92 Å². The van der Waals surface area contributed by atoms with E-state index in [1.165, 1.54) is 4.90 Å². The van der Waals surface area contributed by atoms with E-state index < -0.39 is 41.9 Å². The summed E-state index contributed by atoms with van der Waals surface area (Å²) in [7, 11) is 0. The number of carboxylic acid groups (broad SMARTS) is 1. The number of hydrogen-bond donors (Lipinski definition) is 2. The zero-order valence-electron chi connectivity index (χ0n) is 17.2. The van der Waals surface area contributed by atoms with Crippen molar-refractivity contribution in [3.05, 3.63) is 35.9 Å². The SMILES string of the molecule is CCOC(=O)[C@@H](C)C[C@H](NC(=O)[C@H]1CCCN1C(=O)OCc1ccccc1)C(=O)O. The number of carboxylic acids is 1. The summed E-state index contributed by atoms with van der Waals surface area (Å²) in [6.45, 7) is 3.83. The van der Waals surface area contributed by atoms with Crippen molar-refractivity contribution < 1.29 is 33.8 Å². The molecule has 30 heavy (non-hydrogen) atoms. The fraction of sp³-hybridized carbons (Fsp3) is 0.524. The summed E-state index contributed by atoms with van der Waals surface area (Å²) in [5.74, 6) is -3.05. The highest BCUT2D eigenvalue weighted by atomic mass is 16.6. The van der Waals surface area contributed by atoms with Crippen LogP contribution in [-0.2, 0) is 30.5 Å². The summed E-state index contributed by atoms with van der Waals surface area (Å²) >= 11 is 0. The zero-order chi connectivity index (χ0) is 22.1. The lowest BCUT2D eigenvalue weighted by Crippen LogP contribution is -2.51. The summed E-state index contributed by atoms with van der Waals surface area (Å²) < 4.78 is 10.2. The summed E-state index contributed by atoms with van der Waals surface area (Å²) in [6.07, 6.45) is 0.287. The van der Waals surface area contributed by atoms with Crippen molar-refractivity contribution in [2.24, 2.45) is 5.92 Å². The lowest BCUT2D eigenvalue weighted by atomic mass is 10.0. The van der Waals surface area contributed by atoms with Gasteiger partial charge >= 0.3 is 18.0 Å². The Labute approximate surface area is 175 Å². The van der Waals surface area contributed by atoms with Crippen molar-refractivity contribution in [3.63, 3.8) is 0 Å². The fourth-order valence-corrected chi connectivity index (χ4v) is 3.28. The predicted molar refractivity (Wildman–Crippen MR) is 106 cm³/mol. The van der Waals surface area contributed by atoms with Gasteiger partial charge in [-0.05, 0) is 31.7 Å². The van der Waals surface area contributed by atoms with Crippen LogP contribution in [0.25, 0.3) is 0 Å². The third-order valence-electron chi connectivity index (χ3n) is 4.89. The van der Waals surface area contributed by atoms with E-state index in [0.717, 1.165) is 5.56 Å². The maximum atomic E-state index is 12.7. The molecule has 1 saturated heterocycles. The van der Waals surface area contributed by atoms with E-state index in [0.29, 0.717) is 19.4 Å². The van der Waals surface area contributed by atoms with Crippen molar-refractivity contribution in [2.45, 2.75) is 51.8 Å². The number of hydrogen-bond acceptors (Lipinski definition) is 6. The molecule has 2 N–H and O–H groups in total. The van der Waals surface area contributed by atoms with Gasteiger partial charge in [-0.3, -0.25) is 14.5 Å². The highest BCUT2D eigenvalue weighted by molar-refractivity contribution is 5.90. The van der Waals surface area contributed by atoms with Gasteiger partial charge in [0.15, 0.2) is 0 Å². The van der Waals surface area contributed by atoms with Gasteiger partial charge in [0.2, 0.25) is 5.91 Å². The molecule has 0 spiro atoms. The Morgan fingerprint density at radius 3 is 2.53 bits per heavy atom. The number of carbonyl (C=O) groups is 4. The molecular weight excluding hydrogens is 392 g/mol. The molecule has 1 aromatic rings. The minimum atomic E-state index is -1.26. The van der Waals surface area contributed by atoms with Crippen molar-refractivity contribution in [1.82, 2.24) is 10.2 Å². The third kappa shape index (κ3) is 6.47. The van der Waals surface area contributed by atoms with E-state index >= 15 is 0 Å². The predicted octanol–water partition coefficient (Wildman–Crippen LogP) is 1.95. The molecule has 9 nitrogen and oxygen atoms in total. The molecule has 0 saturated carbocycles. The van der Waals surface area contributed by atoms with Crippen molar-refractivity contribution in [1.29, 1.82) is 0 Å². The minimum absolute atomic E-state index is 0.0827. The van der Waals surface area contributed by atoms with Gasteiger partial charge < -0.3 is 19.9 Å². The Balaban J connectivity index is 1.94. The molecule has 1 heterocycles. The second-order valence-electron chi connectivity index (χ2n) is 7.18. The summed E-state index contributed by atoms with van der Waals surface area (Å²) in [6, 6.07) is 7.09. The van der Waals surface area contributed by atoms with Gasteiger partial charge in [0.1, 0.15) is 18.7 Å². The Kier molecular flexibility index (Phi) is 8.64. The molecule has 0 unspecified atom stereocenters. The molecule has 1 aromatic carbocycles. The monoisotopic (exact) mass is 420 g/mol. The van der Waals surface area contributed by atoms with Gasteiger partial charge in [0.25, 0.3) is 0 Å².